The van der Waals surface area contributed by atoms with Crippen LogP contribution in [0.5, 0.6) is 0 Å². The predicted octanol–water partition coefficient (Wildman–Crippen LogP) is 1.16. The first kappa shape index (κ1) is 17.7. The number of hydrogen-bond acceptors (Lipinski definition) is 4. The van der Waals surface area contributed by atoms with Crippen LogP contribution < -0.4 is 5.32 Å². The first-order chi connectivity index (χ1) is 12.1. The van der Waals surface area contributed by atoms with Crippen molar-refractivity contribution in [3.8, 4) is 0 Å². The zero-order chi connectivity index (χ0) is 17.8. The number of aromatic amines is 1. The van der Waals surface area contributed by atoms with E-state index in [1.54, 1.807) is 29.2 Å². The zero-order valence-corrected chi connectivity index (χ0v) is 14.4. The van der Waals surface area contributed by atoms with E-state index >= 15 is 0 Å². The van der Waals surface area contributed by atoms with Gasteiger partial charge in [0.1, 0.15) is 5.69 Å². The maximum atomic E-state index is 12.4. The number of nitrogens with one attached hydrogen (secondary N) is 2. The fourth-order valence-electron chi connectivity index (χ4n) is 2.97. The van der Waals surface area contributed by atoms with Crippen LogP contribution in [0.25, 0.3) is 10.9 Å². The van der Waals surface area contributed by atoms with Crippen LogP contribution in [-0.4, -0.2) is 65.8 Å². The van der Waals surface area contributed by atoms with Crippen LogP contribution in [0.3, 0.4) is 0 Å². The number of carbonyl (C=O) groups excluding carboxylic acids is 2. The molecular formula is C17H20ClN3O4. The molecule has 0 radical (unpaired) electrons. The molecule has 0 aliphatic carbocycles. The van der Waals surface area contributed by atoms with Crippen molar-refractivity contribution in [2.24, 2.45) is 0 Å². The van der Waals surface area contributed by atoms with Crippen molar-refractivity contribution in [2.45, 2.75) is 12.5 Å². The van der Waals surface area contributed by atoms with Crippen LogP contribution in [-0.2, 0) is 9.53 Å². The van der Waals surface area contributed by atoms with Gasteiger partial charge in [-0.25, -0.2) is 0 Å². The molecule has 1 aromatic heterocycles. The fourth-order valence-corrected chi connectivity index (χ4v) is 3.15. The van der Waals surface area contributed by atoms with Gasteiger partial charge in [0.15, 0.2) is 0 Å². The molecule has 1 saturated heterocycles. The van der Waals surface area contributed by atoms with Crippen molar-refractivity contribution >= 4 is 34.3 Å². The Morgan fingerprint density at radius 1 is 1.40 bits per heavy atom. The van der Waals surface area contributed by atoms with E-state index in [-0.39, 0.29) is 37.6 Å². The van der Waals surface area contributed by atoms with Crippen LogP contribution in [0.15, 0.2) is 24.3 Å². The second-order valence-corrected chi connectivity index (χ2v) is 6.36. The van der Waals surface area contributed by atoms with Gasteiger partial charge in [0, 0.05) is 29.1 Å². The molecule has 3 rings (SSSR count). The molecule has 3 N–H and O–H groups in total. The number of aromatic nitrogens is 1. The number of aliphatic hydroxyl groups is 1. The minimum Gasteiger partial charge on any atom is -0.395 e. The molecular weight excluding hydrogens is 346 g/mol. The Morgan fingerprint density at radius 2 is 2.24 bits per heavy atom. The van der Waals surface area contributed by atoms with E-state index in [0.29, 0.717) is 23.9 Å². The normalized spacial score (nSPS) is 17.0. The standard InChI is InChI=1S/C17H20ClN3O4/c18-12-1-2-14-11(7-12)8-15(20-14)17(24)19-9-16(23)21(4-5-22)13-3-6-25-10-13/h1-2,7-8,13,20,22H,3-6,9-10H2,(H,19,24). The number of benzene rings is 1. The minimum atomic E-state index is -0.368. The van der Waals surface area contributed by atoms with Gasteiger partial charge < -0.3 is 25.0 Å². The molecule has 1 aliphatic heterocycles. The predicted molar refractivity (Wildman–Crippen MR) is 93.7 cm³/mol. The summed E-state index contributed by atoms with van der Waals surface area (Å²) >= 11 is 5.94. The minimum absolute atomic E-state index is 0.0493. The summed E-state index contributed by atoms with van der Waals surface area (Å²) in [6, 6.07) is 6.94. The molecule has 0 saturated carbocycles. The van der Waals surface area contributed by atoms with Gasteiger partial charge in [-0.15, -0.1) is 0 Å². The third-order valence-electron chi connectivity index (χ3n) is 4.24. The first-order valence-electron chi connectivity index (χ1n) is 8.13. The lowest BCUT2D eigenvalue weighted by atomic mass is 10.2. The molecule has 134 valence electrons. The van der Waals surface area contributed by atoms with E-state index in [1.807, 2.05) is 0 Å². The van der Waals surface area contributed by atoms with Gasteiger partial charge in [0.2, 0.25) is 5.91 Å². The summed E-state index contributed by atoms with van der Waals surface area (Å²) in [5.74, 6) is -0.607. The SMILES string of the molecule is O=C(NCC(=O)N(CCO)C1CCOC1)c1cc2cc(Cl)ccc2[nH]1. The van der Waals surface area contributed by atoms with E-state index in [0.717, 1.165) is 17.3 Å². The molecule has 0 spiro atoms. The monoisotopic (exact) mass is 365 g/mol. The number of amides is 2. The molecule has 1 aromatic carbocycles. The molecule has 8 heteroatoms. The molecule has 2 amide bonds. The highest BCUT2D eigenvalue weighted by Gasteiger charge is 2.27. The number of aliphatic hydroxyl groups excluding tert-OH is 1. The Kier molecular flexibility index (Phi) is 5.57. The van der Waals surface area contributed by atoms with E-state index in [9.17, 15) is 9.59 Å². The maximum Gasteiger partial charge on any atom is 0.268 e. The number of H-pyrrole nitrogens is 1. The second-order valence-electron chi connectivity index (χ2n) is 5.93. The van der Waals surface area contributed by atoms with Crippen molar-refractivity contribution < 1.29 is 19.4 Å². The average Bonchev–Trinajstić information content (AvgIpc) is 3.26. The van der Waals surface area contributed by atoms with Crippen LogP contribution in [0, 0.1) is 0 Å². The van der Waals surface area contributed by atoms with Gasteiger partial charge in [-0.05, 0) is 30.7 Å². The van der Waals surface area contributed by atoms with E-state index < -0.39 is 0 Å². The van der Waals surface area contributed by atoms with Gasteiger partial charge in [-0.3, -0.25) is 9.59 Å². The number of hydrogen-bond donors (Lipinski definition) is 3. The summed E-state index contributed by atoms with van der Waals surface area (Å²) in [6.07, 6.45) is 0.739. The Labute approximate surface area is 149 Å². The lowest BCUT2D eigenvalue weighted by Crippen LogP contribution is -2.47. The van der Waals surface area contributed by atoms with Crippen LogP contribution in [0.2, 0.25) is 5.02 Å². The largest absolute Gasteiger partial charge is 0.395 e. The summed E-state index contributed by atoms with van der Waals surface area (Å²) < 4.78 is 5.29. The molecule has 2 heterocycles. The van der Waals surface area contributed by atoms with Crippen LogP contribution >= 0.6 is 11.6 Å². The first-order valence-corrected chi connectivity index (χ1v) is 8.51. The number of ether oxygens (including phenoxy) is 1. The number of rotatable bonds is 6. The van der Waals surface area contributed by atoms with E-state index in [4.69, 9.17) is 21.4 Å². The third kappa shape index (κ3) is 4.12. The second kappa shape index (κ2) is 7.86. The summed E-state index contributed by atoms with van der Waals surface area (Å²) in [4.78, 5) is 29.2. The van der Waals surface area contributed by atoms with Gasteiger partial charge >= 0.3 is 0 Å². The molecule has 1 aliphatic rings. The molecule has 1 fully saturated rings. The molecule has 7 nitrogen and oxygen atoms in total. The summed E-state index contributed by atoms with van der Waals surface area (Å²) in [5, 5.41) is 13.2. The Hall–Kier alpha value is -2.09. The van der Waals surface area contributed by atoms with Gasteiger partial charge in [0.05, 0.1) is 25.8 Å². The van der Waals surface area contributed by atoms with Crippen molar-refractivity contribution in [3.05, 3.63) is 35.0 Å². The summed E-state index contributed by atoms with van der Waals surface area (Å²) in [6.45, 7) is 1.03. The van der Waals surface area contributed by atoms with Crippen LogP contribution in [0.4, 0.5) is 0 Å². The lowest BCUT2D eigenvalue weighted by Gasteiger charge is -2.27. The molecule has 25 heavy (non-hydrogen) atoms. The lowest BCUT2D eigenvalue weighted by molar-refractivity contribution is -0.133. The number of nitrogens with zero attached hydrogens (tertiary/aromatic N) is 1. The quantitative estimate of drug-likeness (QED) is 0.716. The zero-order valence-electron chi connectivity index (χ0n) is 13.6. The Morgan fingerprint density at radius 3 is 2.96 bits per heavy atom. The highest BCUT2D eigenvalue weighted by atomic mass is 35.5. The van der Waals surface area contributed by atoms with E-state index in [2.05, 4.69) is 10.3 Å². The maximum absolute atomic E-state index is 12.4. The van der Waals surface area contributed by atoms with Gasteiger partial charge in [0.25, 0.3) is 5.91 Å². The summed E-state index contributed by atoms with van der Waals surface area (Å²) in [7, 11) is 0. The molecule has 2 aromatic rings. The summed E-state index contributed by atoms with van der Waals surface area (Å²) in [5.41, 5.74) is 1.16. The molecule has 1 atom stereocenters. The molecule has 0 bridgehead atoms. The average molecular weight is 366 g/mol. The highest BCUT2D eigenvalue weighted by molar-refractivity contribution is 6.31. The smallest absolute Gasteiger partial charge is 0.268 e. The van der Waals surface area contributed by atoms with Gasteiger partial charge in [-0.1, -0.05) is 11.6 Å². The van der Waals surface area contributed by atoms with E-state index in [1.165, 1.54) is 0 Å². The highest BCUT2D eigenvalue weighted by Crippen LogP contribution is 2.20. The Bertz CT molecular complexity index is 770. The Balaban J connectivity index is 1.62. The van der Waals surface area contributed by atoms with Crippen molar-refractivity contribution in [1.82, 2.24) is 15.2 Å². The van der Waals surface area contributed by atoms with Crippen LogP contribution in [0.1, 0.15) is 16.9 Å². The molecule has 1 unspecified atom stereocenters. The fraction of sp³-hybridized carbons (Fsp3) is 0.412. The van der Waals surface area contributed by atoms with Crippen molar-refractivity contribution in [3.63, 3.8) is 0 Å². The topological polar surface area (TPSA) is 94.7 Å². The number of halogens is 1. The number of fused-ring (bicyclic) bond motifs is 1. The van der Waals surface area contributed by atoms with Gasteiger partial charge in [-0.2, -0.15) is 0 Å². The van der Waals surface area contributed by atoms with Crippen molar-refractivity contribution in [2.75, 3.05) is 32.9 Å². The third-order valence-corrected chi connectivity index (χ3v) is 4.47. The number of carbonyl (C=O) groups is 2. The van der Waals surface area contributed by atoms with Crippen molar-refractivity contribution in [1.29, 1.82) is 0 Å².